The van der Waals surface area contributed by atoms with Crippen LogP contribution in [0, 0.1) is 6.92 Å². The Labute approximate surface area is 133 Å². The number of Topliss-reactive ketones (excluding diaryl/α,β-unsaturated/α-hetero) is 1. The second-order valence-corrected chi connectivity index (χ2v) is 8.05. The molecule has 0 aromatic heterocycles. The van der Waals surface area contributed by atoms with Gasteiger partial charge >= 0.3 is 0 Å². The van der Waals surface area contributed by atoms with Gasteiger partial charge in [-0.1, -0.05) is 35.2 Å². The van der Waals surface area contributed by atoms with Crippen molar-refractivity contribution < 1.29 is 4.79 Å². The van der Waals surface area contributed by atoms with Gasteiger partial charge in [-0.05, 0) is 69.3 Å². The SMILES string of the molecule is Cc1c(C(=O)C2(Br)CCCCC2)ccc(Br)c1Br. The van der Waals surface area contributed by atoms with Gasteiger partial charge in [0.1, 0.15) is 0 Å². The number of rotatable bonds is 2. The highest BCUT2D eigenvalue weighted by Crippen LogP contribution is 2.40. The van der Waals surface area contributed by atoms with Crippen LogP contribution in [0.15, 0.2) is 21.1 Å². The van der Waals surface area contributed by atoms with Crippen molar-refractivity contribution in [2.75, 3.05) is 0 Å². The van der Waals surface area contributed by atoms with E-state index in [0.717, 1.165) is 45.8 Å². The zero-order valence-corrected chi connectivity index (χ0v) is 15.0. The standard InChI is InChI=1S/C14H15Br3O/c1-9-10(5-6-11(15)12(9)16)13(18)14(17)7-3-2-4-8-14/h5-6H,2-4,7-8H2,1H3. The van der Waals surface area contributed by atoms with Crippen molar-refractivity contribution in [1.29, 1.82) is 0 Å². The molecule has 0 saturated heterocycles. The third-order valence-corrected chi connectivity index (χ3v) is 7.00. The van der Waals surface area contributed by atoms with E-state index in [-0.39, 0.29) is 10.1 Å². The van der Waals surface area contributed by atoms with E-state index in [9.17, 15) is 4.79 Å². The lowest BCUT2D eigenvalue weighted by atomic mass is 9.82. The highest BCUT2D eigenvalue weighted by atomic mass is 79.9. The average Bonchev–Trinajstić information content (AvgIpc) is 2.36. The van der Waals surface area contributed by atoms with Crippen molar-refractivity contribution in [2.45, 2.75) is 43.4 Å². The van der Waals surface area contributed by atoms with E-state index in [0.29, 0.717) is 0 Å². The van der Waals surface area contributed by atoms with Crippen LogP contribution in [0.5, 0.6) is 0 Å². The fourth-order valence-electron chi connectivity index (χ4n) is 2.48. The van der Waals surface area contributed by atoms with Gasteiger partial charge in [0.25, 0.3) is 0 Å². The topological polar surface area (TPSA) is 17.1 Å². The Morgan fingerprint density at radius 1 is 1.17 bits per heavy atom. The predicted molar refractivity (Wildman–Crippen MR) is 85.7 cm³/mol. The minimum atomic E-state index is -0.344. The molecule has 0 amide bonds. The lowest BCUT2D eigenvalue weighted by molar-refractivity contribution is 0.0922. The summed E-state index contributed by atoms with van der Waals surface area (Å²) in [6, 6.07) is 3.85. The molecular weight excluding hydrogens is 424 g/mol. The van der Waals surface area contributed by atoms with Crippen molar-refractivity contribution in [1.82, 2.24) is 0 Å². The first kappa shape index (κ1) is 14.7. The number of halogens is 3. The molecule has 1 aromatic carbocycles. The van der Waals surface area contributed by atoms with Crippen LogP contribution in [0.3, 0.4) is 0 Å². The molecule has 0 spiro atoms. The van der Waals surface area contributed by atoms with E-state index in [1.54, 1.807) is 0 Å². The van der Waals surface area contributed by atoms with Gasteiger partial charge in [0, 0.05) is 14.5 Å². The molecular formula is C14H15Br3O. The summed E-state index contributed by atoms with van der Waals surface area (Å²) in [7, 11) is 0. The maximum atomic E-state index is 12.7. The minimum Gasteiger partial charge on any atom is -0.293 e. The Morgan fingerprint density at radius 2 is 1.78 bits per heavy atom. The van der Waals surface area contributed by atoms with E-state index in [4.69, 9.17) is 0 Å². The summed E-state index contributed by atoms with van der Waals surface area (Å²) in [4.78, 5) is 12.7. The molecule has 1 nitrogen and oxygen atoms in total. The average molecular weight is 439 g/mol. The monoisotopic (exact) mass is 436 g/mol. The summed E-state index contributed by atoms with van der Waals surface area (Å²) in [6.45, 7) is 1.99. The van der Waals surface area contributed by atoms with E-state index in [1.165, 1.54) is 6.42 Å². The van der Waals surface area contributed by atoms with E-state index >= 15 is 0 Å². The van der Waals surface area contributed by atoms with E-state index in [1.807, 2.05) is 19.1 Å². The predicted octanol–water partition coefficient (Wildman–Crippen LogP) is 5.80. The normalized spacial score (nSPS) is 18.7. The van der Waals surface area contributed by atoms with Crippen LogP contribution in [0.2, 0.25) is 0 Å². The fraction of sp³-hybridized carbons (Fsp3) is 0.500. The molecule has 0 unspecified atom stereocenters. The van der Waals surface area contributed by atoms with Crippen molar-refractivity contribution in [3.8, 4) is 0 Å². The van der Waals surface area contributed by atoms with Gasteiger partial charge in [-0.2, -0.15) is 0 Å². The number of hydrogen-bond acceptors (Lipinski definition) is 1. The maximum absolute atomic E-state index is 12.7. The molecule has 0 radical (unpaired) electrons. The van der Waals surface area contributed by atoms with Gasteiger partial charge in [-0.3, -0.25) is 4.79 Å². The molecule has 0 atom stereocenters. The smallest absolute Gasteiger partial charge is 0.179 e. The largest absolute Gasteiger partial charge is 0.293 e. The van der Waals surface area contributed by atoms with Gasteiger partial charge in [-0.15, -0.1) is 0 Å². The molecule has 1 aromatic rings. The lowest BCUT2D eigenvalue weighted by Gasteiger charge is -2.30. The van der Waals surface area contributed by atoms with Crippen LogP contribution < -0.4 is 0 Å². The van der Waals surface area contributed by atoms with Crippen LogP contribution in [0.25, 0.3) is 0 Å². The number of carbonyl (C=O) groups is 1. The molecule has 2 rings (SSSR count). The first-order valence-corrected chi connectivity index (χ1v) is 8.52. The molecule has 18 heavy (non-hydrogen) atoms. The number of ketones is 1. The van der Waals surface area contributed by atoms with Crippen molar-refractivity contribution in [3.05, 3.63) is 32.2 Å². The quantitative estimate of drug-likeness (QED) is 0.421. The molecule has 1 aliphatic carbocycles. The zero-order chi connectivity index (χ0) is 13.3. The Morgan fingerprint density at radius 3 is 2.39 bits per heavy atom. The third-order valence-electron chi connectivity index (χ3n) is 3.64. The molecule has 1 aliphatic rings. The van der Waals surface area contributed by atoms with Crippen LogP contribution >= 0.6 is 47.8 Å². The van der Waals surface area contributed by atoms with Crippen molar-refractivity contribution >= 4 is 53.6 Å². The molecule has 0 bridgehead atoms. The molecule has 98 valence electrons. The Bertz CT molecular complexity index is 476. The van der Waals surface area contributed by atoms with Crippen LogP contribution in [-0.4, -0.2) is 10.1 Å². The number of benzene rings is 1. The summed E-state index contributed by atoms with van der Waals surface area (Å²) >= 11 is 10.7. The van der Waals surface area contributed by atoms with Gasteiger partial charge < -0.3 is 0 Å². The zero-order valence-electron chi connectivity index (χ0n) is 10.2. The van der Waals surface area contributed by atoms with Crippen LogP contribution in [0.1, 0.15) is 48.0 Å². The Hall–Kier alpha value is 0.330. The molecule has 0 aliphatic heterocycles. The lowest BCUT2D eigenvalue weighted by Crippen LogP contribution is -2.34. The number of carbonyl (C=O) groups excluding carboxylic acids is 1. The van der Waals surface area contributed by atoms with E-state index in [2.05, 4.69) is 47.8 Å². The van der Waals surface area contributed by atoms with Gasteiger partial charge in [0.2, 0.25) is 0 Å². The van der Waals surface area contributed by atoms with E-state index < -0.39 is 0 Å². The van der Waals surface area contributed by atoms with Crippen LogP contribution in [-0.2, 0) is 0 Å². The third kappa shape index (κ3) is 2.75. The molecule has 0 heterocycles. The van der Waals surface area contributed by atoms with Gasteiger partial charge in [-0.25, -0.2) is 0 Å². The second kappa shape index (κ2) is 5.76. The van der Waals surface area contributed by atoms with Gasteiger partial charge in [0.15, 0.2) is 5.78 Å². The Balaban J connectivity index is 2.37. The second-order valence-electron chi connectivity index (χ2n) is 4.89. The minimum absolute atomic E-state index is 0.230. The summed E-state index contributed by atoms with van der Waals surface area (Å²) in [5.41, 5.74) is 1.84. The molecule has 1 fully saturated rings. The Kier molecular flexibility index (Phi) is 4.71. The summed E-state index contributed by atoms with van der Waals surface area (Å²) < 4.78 is 1.62. The van der Waals surface area contributed by atoms with Crippen molar-refractivity contribution in [3.63, 3.8) is 0 Å². The summed E-state index contributed by atoms with van der Waals surface area (Å²) in [5.74, 6) is 0.230. The maximum Gasteiger partial charge on any atom is 0.179 e. The summed E-state index contributed by atoms with van der Waals surface area (Å²) in [5, 5.41) is 0. The van der Waals surface area contributed by atoms with Gasteiger partial charge in [0.05, 0.1) is 4.32 Å². The molecule has 0 N–H and O–H groups in total. The first-order chi connectivity index (χ1) is 8.46. The van der Waals surface area contributed by atoms with Crippen molar-refractivity contribution in [2.24, 2.45) is 0 Å². The highest BCUT2D eigenvalue weighted by molar-refractivity contribution is 9.13. The fourth-order valence-corrected chi connectivity index (χ4v) is 4.03. The van der Waals surface area contributed by atoms with Crippen LogP contribution in [0.4, 0.5) is 0 Å². The number of alkyl halides is 1. The molecule has 1 saturated carbocycles. The first-order valence-electron chi connectivity index (χ1n) is 6.14. The summed E-state index contributed by atoms with van der Waals surface area (Å²) in [6.07, 6.45) is 5.39. The highest BCUT2D eigenvalue weighted by Gasteiger charge is 2.37. The molecule has 4 heteroatoms. The number of hydrogen-bond donors (Lipinski definition) is 0.